The van der Waals surface area contributed by atoms with Gasteiger partial charge >= 0.3 is 5.97 Å². The second-order valence-corrected chi connectivity index (χ2v) is 6.52. The van der Waals surface area contributed by atoms with E-state index in [2.05, 4.69) is 10.3 Å². The fourth-order valence-electron chi connectivity index (χ4n) is 2.40. The average molecular weight is 356 g/mol. The van der Waals surface area contributed by atoms with E-state index in [0.717, 1.165) is 16.1 Å². The SMILES string of the molecule is O=C1CCc2cc(C(=O)COC(=O)CSc3ccncc3)ccc2N1. The van der Waals surface area contributed by atoms with Crippen molar-refractivity contribution in [2.45, 2.75) is 17.7 Å². The van der Waals surface area contributed by atoms with E-state index in [0.29, 0.717) is 18.4 Å². The van der Waals surface area contributed by atoms with Gasteiger partial charge in [-0.25, -0.2) is 0 Å². The fourth-order valence-corrected chi connectivity index (χ4v) is 3.09. The van der Waals surface area contributed by atoms with Gasteiger partial charge in [0.25, 0.3) is 0 Å². The number of benzene rings is 1. The third-order valence-electron chi connectivity index (χ3n) is 3.69. The lowest BCUT2D eigenvalue weighted by Gasteiger charge is -2.17. The van der Waals surface area contributed by atoms with Gasteiger partial charge in [-0.1, -0.05) is 0 Å². The van der Waals surface area contributed by atoms with Gasteiger partial charge in [-0.15, -0.1) is 11.8 Å². The first-order valence-corrected chi connectivity index (χ1v) is 8.75. The molecule has 0 atom stereocenters. The van der Waals surface area contributed by atoms with Crippen molar-refractivity contribution in [1.29, 1.82) is 0 Å². The summed E-state index contributed by atoms with van der Waals surface area (Å²) in [5.74, 6) is -0.595. The van der Waals surface area contributed by atoms with Gasteiger partial charge in [0.2, 0.25) is 5.91 Å². The molecule has 0 saturated heterocycles. The minimum absolute atomic E-state index is 0.0211. The van der Waals surface area contributed by atoms with Crippen LogP contribution in [0, 0.1) is 0 Å². The number of ketones is 1. The summed E-state index contributed by atoms with van der Waals surface area (Å²) in [6.07, 6.45) is 4.31. The summed E-state index contributed by atoms with van der Waals surface area (Å²) in [6.45, 7) is -0.291. The number of hydrogen-bond donors (Lipinski definition) is 1. The van der Waals surface area contributed by atoms with Gasteiger partial charge in [-0.2, -0.15) is 0 Å². The number of anilines is 1. The van der Waals surface area contributed by atoms with Crippen molar-refractivity contribution in [3.8, 4) is 0 Å². The van der Waals surface area contributed by atoms with Crippen LogP contribution >= 0.6 is 11.8 Å². The number of esters is 1. The molecule has 0 aliphatic carbocycles. The number of carbonyl (C=O) groups excluding carboxylic acids is 3. The smallest absolute Gasteiger partial charge is 0.316 e. The molecule has 2 aromatic rings. The lowest BCUT2D eigenvalue weighted by molar-refractivity contribution is -0.139. The van der Waals surface area contributed by atoms with E-state index in [9.17, 15) is 14.4 Å². The Kier molecular flexibility index (Phi) is 5.45. The number of Topliss-reactive ketones (excluding diaryl/α,β-unsaturated/α-hetero) is 1. The Morgan fingerprint density at radius 2 is 1.96 bits per heavy atom. The molecule has 6 nitrogen and oxygen atoms in total. The van der Waals surface area contributed by atoms with Crippen LogP contribution in [0.2, 0.25) is 0 Å². The third-order valence-corrected chi connectivity index (χ3v) is 4.68. The number of hydrogen-bond acceptors (Lipinski definition) is 6. The molecule has 1 amide bonds. The number of pyridine rings is 1. The van der Waals surface area contributed by atoms with Crippen LogP contribution in [0.1, 0.15) is 22.3 Å². The van der Waals surface area contributed by atoms with Gasteiger partial charge in [0.1, 0.15) is 0 Å². The van der Waals surface area contributed by atoms with Crippen molar-refractivity contribution in [3.63, 3.8) is 0 Å². The molecule has 1 aliphatic heterocycles. The summed E-state index contributed by atoms with van der Waals surface area (Å²) in [7, 11) is 0. The van der Waals surface area contributed by atoms with Crippen LogP contribution < -0.4 is 5.32 Å². The molecule has 1 aromatic heterocycles. The number of rotatable bonds is 6. The highest BCUT2D eigenvalue weighted by Crippen LogP contribution is 2.23. The monoisotopic (exact) mass is 356 g/mol. The molecule has 1 aromatic carbocycles. The van der Waals surface area contributed by atoms with Gasteiger partial charge in [0.15, 0.2) is 12.4 Å². The summed E-state index contributed by atoms with van der Waals surface area (Å²) in [5.41, 5.74) is 2.13. The molecular formula is C18H16N2O4S. The summed E-state index contributed by atoms with van der Waals surface area (Å²) in [4.78, 5) is 40.1. The molecule has 0 saturated carbocycles. The number of aryl methyl sites for hydroxylation is 1. The first kappa shape index (κ1) is 17.2. The number of ether oxygens (including phenoxy) is 1. The van der Waals surface area contributed by atoms with E-state index in [1.807, 2.05) is 0 Å². The Bertz CT molecular complexity index is 808. The van der Waals surface area contributed by atoms with E-state index in [-0.39, 0.29) is 24.1 Å². The van der Waals surface area contributed by atoms with E-state index < -0.39 is 5.97 Å². The van der Waals surface area contributed by atoms with Crippen molar-refractivity contribution in [3.05, 3.63) is 53.9 Å². The lowest BCUT2D eigenvalue weighted by Crippen LogP contribution is -2.20. The average Bonchev–Trinajstić information content (AvgIpc) is 2.64. The molecule has 0 unspecified atom stereocenters. The molecule has 0 spiro atoms. The first-order chi connectivity index (χ1) is 12.1. The van der Waals surface area contributed by atoms with Crippen LogP contribution in [-0.4, -0.2) is 35.0 Å². The maximum Gasteiger partial charge on any atom is 0.316 e. The molecule has 1 N–H and O–H groups in total. The maximum absolute atomic E-state index is 12.2. The Morgan fingerprint density at radius 1 is 1.16 bits per heavy atom. The largest absolute Gasteiger partial charge is 0.457 e. The van der Waals surface area contributed by atoms with Gasteiger partial charge in [0, 0.05) is 35.0 Å². The van der Waals surface area contributed by atoms with Crippen LogP contribution in [0.25, 0.3) is 0 Å². The predicted molar refractivity (Wildman–Crippen MR) is 93.6 cm³/mol. The van der Waals surface area contributed by atoms with E-state index in [1.54, 1.807) is 42.7 Å². The minimum atomic E-state index is -0.444. The fraction of sp³-hybridized carbons (Fsp3) is 0.222. The van der Waals surface area contributed by atoms with Crippen molar-refractivity contribution in [1.82, 2.24) is 4.98 Å². The number of carbonyl (C=O) groups is 3. The zero-order chi connectivity index (χ0) is 17.6. The number of thioether (sulfide) groups is 1. The summed E-state index contributed by atoms with van der Waals surface area (Å²) in [6, 6.07) is 8.69. The standard InChI is InChI=1S/C18H16N2O4S/c21-16(10-24-18(23)11-25-14-5-7-19-8-6-14)13-1-3-15-12(9-13)2-4-17(22)20-15/h1,3,5-9H,2,4,10-11H2,(H,20,22). The zero-order valence-corrected chi connectivity index (χ0v) is 14.2. The van der Waals surface area contributed by atoms with Gasteiger partial charge in [0.05, 0.1) is 5.75 Å². The Labute approximate surface area is 149 Å². The molecule has 0 fully saturated rings. The van der Waals surface area contributed by atoms with Crippen molar-refractivity contribution in [2.24, 2.45) is 0 Å². The second-order valence-electron chi connectivity index (χ2n) is 5.48. The number of fused-ring (bicyclic) bond motifs is 1. The zero-order valence-electron chi connectivity index (χ0n) is 13.4. The lowest BCUT2D eigenvalue weighted by atomic mass is 9.99. The number of amides is 1. The highest BCUT2D eigenvalue weighted by molar-refractivity contribution is 8.00. The predicted octanol–water partition coefficient (Wildman–Crippen LogP) is 2.48. The molecule has 3 rings (SSSR count). The normalized spacial score (nSPS) is 12.9. The van der Waals surface area contributed by atoms with E-state index in [4.69, 9.17) is 4.74 Å². The quantitative estimate of drug-likeness (QED) is 0.486. The number of aromatic nitrogens is 1. The molecule has 0 radical (unpaired) electrons. The molecule has 25 heavy (non-hydrogen) atoms. The molecule has 128 valence electrons. The molecule has 7 heteroatoms. The third kappa shape index (κ3) is 4.67. The molecule has 1 aliphatic rings. The van der Waals surface area contributed by atoms with Crippen LogP contribution in [-0.2, 0) is 20.7 Å². The Balaban J connectivity index is 1.50. The van der Waals surface area contributed by atoms with Crippen LogP contribution in [0.5, 0.6) is 0 Å². The maximum atomic E-state index is 12.2. The molecule has 0 bridgehead atoms. The van der Waals surface area contributed by atoms with Gasteiger partial charge in [-0.3, -0.25) is 19.4 Å². The van der Waals surface area contributed by atoms with Crippen LogP contribution in [0.15, 0.2) is 47.6 Å². The van der Waals surface area contributed by atoms with Gasteiger partial charge < -0.3 is 10.1 Å². The highest BCUT2D eigenvalue weighted by Gasteiger charge is 2.17. The Morgan fingerprint density at radius 3 is 2.76 bits per heavy atom. The van der Waals surface area contributed by atoms with E-state index in [1.165, 1.54) is 11.8 Å². The summed E-state index contributed by atoms with van der Waals surface area (Å²) in [5, 5.41) is 2.77. The first-order valence-electron chi connectivity index (χ1n) is 7.76. The van der Waals surface area contributed by atoms with Crippen molar-refractivity contribution >= 4 is 35.1 Å². The second kappa shape index (κ2) is 7.94. The molecule has 2 heterocycles. The summed E-state index contributed by atoms with van der Waals surface area (Å²) >= 11 is 1.33. The van der Waals surface area contributed by atoms with Crippen molar-refractivity contribution in [2.75, 3.05) is 17.7 Å². The minimum Gasteiger partial charge on any atom is -0.457 e. The molecular weight excluding hydrogens is 340 g/mol. The van der Waals surface area contributed by atoms with Crippen molar-refractivity contribution < 1.29 is 19.1 Å². The number of nitrogens with one attached hydrogen (secondary N) is 1. The van der Waals surface area contributed by atoms with Gasteiger partial charge in [-0.05, 0) is 42.3 Å². The van der Waals surface area contributed by atoms with Crippen LogP contribution in [0.4, 0.5) is 5.69 Å². The van der Waals surface area contributed by atoms with Crippen LogP contribution in [0.3, 0.4) is 0 Å². The summed E-state index contributed by atoms with van der Waals surface area (Å²) < 4.78 is 5.05. The highest BCUT2D eigenvalue weighted by atomic mass is 32.2. The van der Waals surface area contributed by atoms with E-state index >= 15 is 0 Å². The topological polar surface area (TPSA) is 85.4 Å². The Hall–Kier alpha value is -2.67. The number of nitrogens with zero attached hydrogens (tertiary/aromatic N) is 1.